The first kappa shape index (κ1) is 21.7. The highest BCUT2D eigenvalue weighted by molar-refractivity contribution is 6.30. The van der Waals surface area contributed by atoms with Gasteiger partial charge in [-0.1, -0.05) is 23.7 Å². The minimum absolute atomic E-state index is 0.630. The molecule has 0 spiro atoms. The van der Waals surface area contributed by atoms with Gasteiger partial charge in [0.2, 0.25) is 0 Å². The van der Waals surface area contributed by atoms with E-state index in [9.17, 15) is 0 Å². The van der Waals surface area contributed by atoms with Crippen molar-refractivity contribution in [2.75, 3.05) is 44.3 Å². The van der Waals surface area contributed by atoms with Gasteiger partial charge in [-0.2, -0.15) is 0 Å². The molecular formula is C21H23ClN2O6. The van der Waals surface area contributed by atoms with E-state index in [1.54, 1.807) is 0 Å². The monoisotopic (exact) mass is 434 g/mol. The van der Waals surface area contributed by atoms with Crippen LogP contribution in [-0.4, -0.2) is 66.4 Å². The summed E-state index contributed by atoms with van der Waals surface area (Å²) in [5, 5.41) is 15.6. The molecule has 9 heteroatoms. The molecule has 4 rings (SSSR count). The molecule has 2 aromatic rings. The first-order valence-corrected chi connectivity index (χ1v) is 9.88. The number of carboxylic acids is 2. The van der Waals surface area contributed by atoms with Crippen molar-refractivity contribution in [1.29, 1.82) is 0 Å². The van der Waals surface area contributed by atoms with Crippen LogP contribution in [0.1, 0.15) is 5.56 Å². The van der Waals surface area contributed by atoms with Crippen molar-refractivity contribution < 1.29 is 29.3 Å². The average Bonchev–Trinajstić information content (AvgIpc) is 2.76. The Bertz CT molecular complexity index is 870. The molecular weight excluding hydrogens is 412 g/mol. The molecule has 160 valence electrons. The predicted octanol–water partition coefficient (Wildman–Crippen LogP) is 2.59. The van der Waals surface area contributed by atoms with Crippen molar-refractivity contribution in [3.63, 3.8) is 0 Å². The van der Waals surface area contributed by atoms with Crippen LogP contribution in [0.3, 0.4) is 0 Å². The van der Waals surface area contributed by atoms with E-state index in [1.165, 1.54) is 11.3 Å². The maximum Gasteiger partial charge on any atom is 0.414 e. The van der Waals surface area contributed by atoms with Gasteiger partial charge in [-0.3, -0.25) is 4.90 Å². The van der Waals surface area contributed by atoms with Crippen LogP contribution in [0.4, 0.5) is 5.69 Å². The Kier molecular flexibility index (Phi) is 7.37. The summed E-state index contributed by atoms with van der Waals surface area (Å²) in [6.07, 6.45) is 0. The maximum absolute atomic E-state index is 9.10. The van der Waals surface area contributed by atoms with Crippen LogP contribution in [0.25, 0.3) is 0 Å². The van der Waals surface area contributed by atoms with Crippen molar-refractivity contribution in [3.8, 4) is 11.5 Å². The molecule has 2 aromatic carbocycles. The number of ether oxygens (including phenoxy) is 2. The molecule has 0 radical (unpaired) electrons. The van der Waals surface area contributed by atoms with Gasteiger partial charge in [0.1, 0.15) is 13.2 Å². The molecule has 2 N–H and O–H groups in total. The Morgan fingerprint density at radius 3 is 2.07 bits per heavy atom. The Morgan fingerprint density at radius 1 is 0.867 bits per heavy atom. The van der Waals surface area contributed by atoms with Gasteiger partial charge in [-0.05, 0) is 29.8 Å². The normalized spacial score (nSPS) is 15.7. The van der Waals surface area contributed by atoms with Gasteiger partial charge in [0, 0.05) is 49.5 Å². The Labute approximate surface area is 179 Å². The topological polar surface area (TPSA) is 99.5 Å². The van der Waals surface area contributed by atoms with E-state index in [0.717, 1.165) is 49.2 Å². The summed E-state index contributed by atoms with van der Waals surface area (Å²) in [6.45, 7) is 6.39. The van der Waals surface area contributed by atoms with Gasteiger partial charge in [0.15, 0.2) is 11.5 Å². The van der Waals surface area contributed by atoms with E-state index in [1.807, 2.05) is 18.2 Å². The minimum Gasteiger partial charge on any atom is -0.486 e. The molecule has 1 saturated heterocycles. The van der Waals surface area contributed by atoms with Crippen LogP contribution in [0.15, 0.2) is 42.5 Å². The number of anilines is 1. The molecule has 0 unspecified atom stereocenters. The molecule has 0 atom stereocenters. The molecule has 2 aliphatic rings. The summed E-state index contributed by atoms with van der Waals surface area (Å²) < 4.78 is 11.3. The van der Waals surface area contributed by atoms with E-state index in [2.05, 4.69) is 34.1 Å². The first-order valence-electron chi connectivity index (χ1n) is 9.50. The second-order valence-corrected chi connectivity index (χ2v) is 7.26. The highest BCUT2D eigenvalue weighted by Gasteiger charge is 2.19. The van der Waals surface area contributed by atoms with Crippen LogP contribution >= 0.6 is 11.6 Å². The number of benzene rings is 2. The van der Waals surface area contributed by atoms with E-state index in [-0.39, 0.29) is 0 Å². The summed E-state index contributed by atoms with van der Waals surface area (Å²) >= 11 is 5.95. The lowest BCUT2D eigenvalue weighted by Gasteiger charge is -2.36. The number of halogens is 1. The van der Waals surface area contributed by atoms with E-state index < -0.39 is 11.9 Å². The number of nitrogens with zero attached hydrogens (tertiary/aromatic N) is 2. The molecule has 8 nitrogen and oxygen atoms in total. The summed E-state index contributed by atoms with van der Waals surface area (Å²) in [7, 11) is 0. The SMILES string of the molecule is Clc1ccc(CN2CCN(c3ccc4c(c3)OCCO4)CC2)cc1.O=C(O)C(=O)O. The number of carboxylic acid groups (broad SMARTS) is 2. The van der Waals surface area contributed by atoms with Gasteiger partial charge in [0.05, 0.1) is 0 Å². The Balaban J connectivity index is 0.000000377. The molecule has 30 heavy (non-hydrogen) atoms. The molecule has 2 heterocycles. The fraction of sp³-hybridized carbons (Fsp3) is 0.333. The standard InChI is InChI=1S/C19H21ClN2O2.C2H2O4/c20-16-3-1-15(2-4-16)14-21-7-9-22(10-8-21)17-5-6-18-19(13-17)24-12-11-23-18;3-1(4)2(5)6/h1-6,13H,7-12,14H2;(H,3,4)(H,5,6). The third kappa shape index (κ3) is 6.01. The van der Waals surface area contributed by atoms with Crippen LogP contribution in [-0.2, 0) is 16.1 Å². The molecule has 0 aliphatic carbocycles. The molecule has 0 saturated carbocycles. The van der Waals surface area contributed by atoms with Crippen LogP contribution < -0.4 is 14.4 Å². The zero-order valence-electron chi connectivity index (χ0n) is 16.3. The fourth-order valence-corrected chi connectivity index (χ4v) is 3.37. The third-order valence-electron chi connectivity index (χ3n) is 4.77. The summed E-state index contributed by atoms with van der Waals surface area (Å²) in [5.41, 5.74) is 2.53. The van der Waals surface area contributed by atoms with Gasteiger partial charge in [-0.15, -0.1) is 0 Å². The number of fused-ring (bicyclic) bond motifs is 1. The van der Waals surface area contributed by atoms with Crippen molar-refractivity contribution in [2.45, 2.75) is 6.54 Å². The number of piperazine rings is 1. The molecule has 2 aliphatic heterocycles. The van der Waals surface area contributed by atoms with E-state index in [0.29, 0.717) is 13.2 Å². The molecule has 0 aromatic heterocycles. The van der Waals surface area contributed by atoms with Gasteiger partial charge < -0.3 is 24.6 Å². The second kappa shape index (κ2) is 10.2. The van der Waals surface area contributed by atoms with Gasteiger partial charge in [-0.25, -0.2) is 9.59 Å². The first-order chi connectivity index (χ1) is 14.4. The Hall–Kier alpha value is -2.97. The van der Waals surface area contributed by atoms with Gasteiger partial charge >= 0.3 is 11.9 Å². The average molecular weight is 435 g/mol. The van der Waals surface area contributed by atoms with Crippen molar-refractivity contribution >= 4 is 29.2 Å². The number of carbonyl (C=O) groups is 2. The summed E-state index contributed by atoms with van der Waals surface area (Å²) in [6, 6.07) is 14.4. The van der Waals surface area contributed by atoms with Gasteiger partial charge in [0.25, 0.3) is 0 Å². The lowest BCUT2D eigenvalue weighted by Crippen LogP contribution is -2.46. The fourth-order valence-electron chi connectivity index (χ4n) is 3.24. The Morgan fingerprint density at radius 2 is 1.47 bits per heavy atom. The summed E-state index contributed by atoms with van der Waals surface area (Å²) in [5.74, 6) is -1.93. The molecule has 1 fully saturated rings. The predicted molar refractivity (Wildman–Crippen MR) is 112 cm³/mol. The zero-order valence-corrected chi connectivity index (χ0v) is 17.0. The lowest BCUT2D eigenvalue weighted by atomic mass is 10.2. The van der Waals surface area contributed by atoms with E-state index >= 15 is 0 Å². The van der Waals surface area contributed by atoms with Crippen LogP contribution in [0, 0.1) is 0 Å². The molecule has 0 amide bonds. The summed E-state index contributed by atoms with van der Waals surface area (Å²) in [4.78, 5) is 23.1. The van der Waals surface area contributed by atoms with Crippen LogP contribution in [0.2, 0.25) is 5.02 Å². The third-order valence-corrected chi connectivity index (χ3v) is 5.02. The van der Waals surface area contributed by atoms with Crippen LogP contribution in [0.5, 0.6) is 11.5 Å². The lowest BCUT2D eigenvalue weighted by molar-refractivity contribution is -0.159. The number of aliphatic carboxylic acids is 2. The van der Waals surface area contributed by atoms with Crippen molar-refractivity contribution in [1.82, 2.24) is 4.90 Å². The quantitative estimate of drug-likeness (QED) is 0.711. The van der Waals surface area contributed by atoms with Crippen molar-refractivity contribution in [2.24, 2.45) is 0 Å². The second-order valence-electron chi connectivity index (χ2n) is 6.83. The highest BCUT2D eigenvalue weighted by atomic mass is 35.5. The number of rotatable bonds is 3. The zero-order chi connectivity index (χ0) is 21.5. The van der Waals surface area contributed by atoms with E-state index in [4.69, 9.17) is 40.9 Å². The highest BCUT2D eigenvalue weighted by Crippen LogP contribution is 2.34. The molecule has 0 bridgehead atoms. The number of hydrogen-bond donors (Lipinski definition) is 2. The minimum atomic E-state index is -1.82. The smallest absolute Gasteiger partial charge is 0.414 e. The van der Waals surface area contributed by atoms with Crippen molar-refractivity contribution in [3.05, 3.63) is 53.1 Å². The maximum atomic E-state index is 9.10. The largest absolute Gasteiger partial charge is 0.486 e. The number of hydrogen-bond acceptors (Lipinski definition) is 6.